The zero-order valence-corrected chi connectivity index (χ0v) is 8.21. The molecule has 12 heavy (non-hydrogen) atoms. The molecule has 0 aliphatic rings. The zero-order valence-electron chi connectivity index (χ0n) is 5.94. The molecule has 0 unspecified atom stereocenters. The first-order chi connectivity index (χ1) is 5.57. The second kappa shape index (κ2) is 3.71. The highest BCUT2D eigenvalue weighted by atomic mass is 35.5. The molecule has 0 aromatic heterocycles. The molecule has 0 fully saturated rings. The first-order valence-corrected chi connectivity index (χ1v) is 4.26. The highest BCUT2D eigenvalue weighted by Crippen LogP contribution is 2.38. The minimum Gasteiger partial charge on any atom is -0.506 e. The van der Waals surface area contributed by atoms with E-state index in [4.69, 9.17) is 40.5 Å². The monoisotopic (exact) mass is 225 g/mol. The normalized spacial score (nSPS) is 10.3. The molecule has 0 bridgehead atoms. The van der Waals surface area contributed by atoms with E-state index >= 15 is 0 Å². The van der Waals surface area contributed by atoms with Gasteiger partial charge in [-0.15, -0.1) is 0 Å². The summed E-state index contributed by atoms with van der Waals surface area (Å²) in [6, 6.07) is 1.45. The van der Waals surface area contributed by atoms with Crippen LogP contribution in [0.3, 0.4) is 0 Å². The second-order valence-electron chi connectivity index (χ2n) is 2.19. The van der Waals surface area contributed by atoms with Crippen molar-refractivity contribution in [2.45, 2.75) is 6.54 Å². The minimum absolute atomic E-state index is 0.0847. The molecule has 0 aliphatic carbocycles. The topological polar surface area (TPSA) is 46.2 Å². The Morgan fingerprint density at radius 1 is 1.25 bits per heavy atom. The van der Waals surface area contributed by atoms with Gasteiger partial charge in [-0.2, -0.15) is 0 Å². The van der Waals surface area contributed by atoms with Crippen molar-refractivity contribution in [3.05, 3.63) is 26.7 Å². The summed E-state index contributed by atoms with van der Waals surface area (Å²) in [6.45, 7) is 0.127. The maximum atomic E-state index is 9.38. The Balaban J connectivity index is 3.40. The Morgan fingerprint density at radius 2 is 1.83 bits per heavy atom. The van der Waals surface area contributed by atoms with Gasteiger partial charge in [0.1, 0.15) is 10.8 Å². The van der Waals surface area contributed by atoms with Crippen LogP contribution in [0.2, 0.25) is 15.1 Å². The summed E-state index contributed by atoms with van der Waals surface area (Å²) in [6.07, 6.45) is 0. The summed E-state index contributed by atoms with van der Waals surface area (Å²) in [5.74, 6) is -0.142. The quantitative estimate of drug-likeness (QED) is 0.723. The van der Waals surface area contributed by atoms with Crippen molar-refractivity contribution in [3.63, 3.8) is 0 Å². The van der Waals surface area contributed by atoms with Crippen LogP contribution in [0.15, 0.2) is 6.07 Å². The molecule has 0 saturated carbocycles. The first-order valence-electron chi connectivity index (χ1n) is 3.13. The van der Waals surface area contributed by atoms with Gasteiger partial charge < -0.3 is 10.8 Å². The van der Waals surface area contributed by atoms with Crippen LogP contribution in [0, 0.1) is 0 Å². The molecular formula is C7H6Cl3NO. The van der Waals surface area contributed by atoms with Crippen molar-refractivity contribution in [3.8, 4) is 5.75 Å². The van der Waals surface area contributed by atoms with Crippen molar-refractivity contribution < 1.29 is 5.11 Å². The van der Waals surface area contributed by atoms with Crippen LogP contribution in [-0.2, 0) is 6.54 Å². The molecule has 1 rings (SSSR count). The molecule has 66 valence electrons. The molecule has 0 heterocycles. The number of aromatic hydroxyl groups is 1. The van der Waals surface area contributed by atoms with Gasteiger partial charge in [-0.25, -0.2) is 0 Å². The van der Waals surface area contributed by atoms with E-state index in [1.165, 1.54) is 6.07 Å². The molecule has 0 radical (unpaired) electrons. The fourth-order valence-corrected chi connectivity index (χ4v) is 1.51. The molecule has 5 heteroatoms. The van der Waals surface area contributed by atoms with Crippen molar-refractivity contribution in [2.24, 2.45) is 5.73 Å². The summed E-state index contributed by atoms with van der Waals surface area (Å²) >= 11 is 17.0. The Labute approximate surface area is 84.8 Å². The summed E-state index contributed by atoms with van der Waals surface area (Å²) in [5, 5.41) is 10.0. The van der Waals surface area contributed by atoms with E-state index < -0.39 is 0 Å². The average Bonchev–Trinajstić information content (AvgIpc) is 2.01. The number of benzene rings is 1. The van der Waals surface area contributed by atoms with Gasteiger partial charge >= 0.3 is 0 Å². The molecule has 0 spiro atoms. The standard InChI is InChI=1S/C7H6Cl3NO/c8-4-1-5(9)6(10)7(12)3(4)2-11/h1,12H,2,11H2. The molecular weight excluding hydrogens is 220 g/mol. The van der Waals surface area contributed by atoms with Crippen molar-refractivity contribution in [1.82, 2.24) is 0 Å². The molecule has 2 nitrogen and oxygen atoms in total. The van der Waals surface area contributed by atoms with Gasteiger partial charge in [-0.3, -0.25) is 0 Å². The third-order valence-electron chi connectivity index (χ3n) is 1.45. The van der Waals surface area contributed by atoms with Gasteiger partial charge in [0.2, 0.25) is 0 Å². The fourth-order valence-electron chi connectivity index (χ4n) is 0.815. The smallest absolute Gasteiger partial charge is 0.141 e. The van der Waals surface area contributed by atoms with E-state index in [2.05, 4.69) is 0 Å². The van der Waals surface area contributed by atoms with Crippen LogP contribution < -0.4 is 5.73 Å². The van der Waals surface area contributed by atoms with Gasteiger partial charge in [-0.1, -0.05) is 34.8 Å². The van der Waals surface area contributed by atoms with E-state index in [1.54, 1.807) is 0 Å². The Bertz CT molecular complexity index is 314. The average molecular weight is 226 g/mol. The number of rotatable bonds is 1. The van der Waals surface area contributed by atoms with Gasteiger partial charge in [0.05, 0.1) is 10.0 Å². The molecule has 0 amide bonds. The maximum absolute atomic E-state index is 9.38. The molecule has 1 aromatic carbocycles. The van der Waals surface area contributed by atoms with E-state index in [9.17, 15) is 5.11 Å². The van der Waals surface area contributed by atoms with E-state index in [-0.39, 0.29) is 22.3 Å². The second-order valence-corrected chi connectivity index (χ2v) is 3.38. The number of halogens is 3. The number of phenols is 1. The van der Waals surface area contributed by atoms with E-state index in [0.29, 0.717) is 10.6 Å². The van der Waals surface area contributed by atoms with Crippen LogP contribution in [0.4, 0.5) is 0 Å². The lowest BCUT2D eigenvalue weighted by atomic mass is 10.2. The lowest BCUT2D eigenvalue weighted by Crippen LogP contribution is -1.98. The zero-order chi connectivity index (χ0) is 9.30. The maximum Gasteiger partial charge on any atom is 0.141 e. The SMILES string of the molecule is NCc1c(Cl)cc(Cl)c(Cl)c1O. The highest BCUT2D eigenvalue weighted by molar-refractivity contribution is 6.44. The molecule has 0 saturated heterocycles. The number of phenolic OH excluding ortho intramolecular Hbond substituents is 1. The fraction of sp³-hybridized carbons (Fsp3) is 0.143. The predicted octanol–water partition coefficient (Wildman–Crippen LogP) is 2.81. The summed E-state index contributed by atoms with van der Waals surface area (Å²) in [5.41, 5.74) is 5.73. The Kier molecular flexibility index (Phi) is 3.07. The van der Waals surface area contributed by atoms with Gasteiger partial charge in [-0.05, 0) is 6.07 Å². The van der Waals surface area contributed by atoms with E-state index in [0.717, 1.165) is 0 Å². The Morgan fingerprint density at radius 3 is 2.33 bits per heavy atom. The van der Waals surface area contributed by atoms with Crippen molar-refractivity contribution in [1.29, 1.82) is 0 Å². The van der Waals surface area contributed by atoms with Crippen LogP contribution in [0.5, 0.6) is 5.75 Å². The van der Waals surface area contributed by atoms with Crippen molar-refractivity contribution in [2.75, 3.05) is 0 Å². The van der Waals surface area contributed by atoms with Gasteiger partial charge in [0, 0.05) is 12.1 Å². The minimum atomic E-state index is -0.142. The number of nitrogens with two attached hydrogens (primary N) is 1. The summed E-state index contributed by atoms with van der Waals surface area (Å²) < 4.78 is 0. The lowest BCUT2D eigenvalue weighted by Gasteiger charge is -2.07. The van der Waals surface area contributed by atoms with Crippen LogP contribution in [0.1, 0.15) is 5.56 Å². The predicted molar refractivity (Wildman–Crippen MR) is 51.0 cm³/mol. The Hall–Kier alpha value is -0.150. The van der Waals surface area contributed by atoms with Crippen LogP contribution in [-0.4, -0.2) is 5.11 Å². The number of hydrogen-bond donors (Lipinski definition) is 2. The van der Waals surface area contributed by atoms with Gasteiger partial charge in [0.15, 0.2) is 0 Å². The van der Waals surface area contributed by atoms with Crippen LogP contribution in [0.25, 0.3) is 0 Å². The lowest BCUT2D eigenvalue weighted by molar-refractivity contribution is 0.469. The van der Waals surface area contributed by atoms with Gasteiger partial charge in [0.25, 0.3) is 0 Å². The largest absolute Gasteiger partial charge is 0.506 e. The molecule has 3 N–H and O–H groups in total. The summed E-state index contributed by atoms with van der Waals surface area (Å²) in [7, 11) is 0. The third kappa shape index (κ3) is 1.62. The van der Waals surface area contributed by atoms with Crippen molar-refractivity contribution >= 4 is 34.8 Å². The molecule has 0 aliphatic heterocycles. The summed E-state index contributed by atoms with van der Waals surface area (Å²) in [4.78, 5) is 0. The molecule has 1 aromatic rings. The number of hydrogen-bond acceptors (Lipinski definition) is 2. The highest BCUT2D eigenvalue weighted by Gasteiger charge is 2.12. The molecule has 0 atom stereocenters. The third-order valence-corrected chi connectivity index (χ3v) is 2.56. The van der Waals surface area contributed by atoms with E-state index in [1.807, 2.05) is 0 Å². The first kappa shape index (κ1) is 9.93. The van der Waals surface area contributed by atoms with Crippen LogP contribution >= 0.6 is 34.8 Å².